The van der Waals surface area contributed by atoms with Gasteiger partial charge >= 0.3 is 5.97 Å². The van der Waals surface area contributed by atoms with E-state index < -0.39 is 12.0 Å². The summed E-state index contributed by atoms with van der Waals surface area (Å²) in [6.07, 6.45) is 3.87. The summed E-state index contributed by atoms with van der Waals surface area (Å²) in [6.45, 7) is 4.75. The molecular formula is C11H18N6O2. The number of aliphatic carboxylic acids is 1. The second kappa shape index (κ2) is 7.40. The predicted octanol–water partition coefficient (Wildman–Crippen LogP) is 1.88. The van der Waals surface area contributed by atoms with Crippen LogP contribution in [0.5, 0.6) is 0 Å². The zero-order valence-corrected chi connectivity index (χ0v) is 11.0. The lowest BCUT2D eigenvalue weighted by Crippen LogP contribution is -2.29. The van der Waals surface area contributed by atoms with Crippen molar-refractivity contribution < 1.29 is 9.90 Å². The van der Waals surface area contributed by atoms with Crippen LogP contribution in [0.2, 0.25) is 0 Å². The highest BCUT2D eigenvalue weighted by Gasteiger charge is 2.20. The number of rotatable bonds is 8. The highest BCUT2D eigenvalue weighted by molar-refractivity contribution is 5.75. The smallest absolute Gasteiger partial charge is 0.325 e. The maximum atomic E-state index is 11.2. The topological polar surface area (TPSA) is 116 Å². The Morgan fingerprint density at radius 2 is 2.42 bits per heavy atom. The minimum Gasteiger partial charge on any atom is -0.480 e. The first-order chi connectivity index (χ1) is 9.06. The Labute approximate surface area is 111 Å². The molecule has 104 valence electrons. The van der Waals surface area contributed by atoms with Crippen molar-refractivity contribution >= 4 is 5.97 Å². The van der Waals surface area contributed by atoms with Gasteiger partial charge in [-0.25, -0.2) is 0 Å². The number of nitrogens with zero attached hydrogens (tertiary/aromatic N) is 5. The van der Waals surface area contributed by atoms with Crippen molar-refractivity contribution in [3.63, 3.8) is 0 Å². The fraction of sp³-hybridized carbons (Fsp3) is 0.636. The molecule has 0 spiro atoms. The molecule has 0 aliphatic heterocycles. The van der Waals surface area contributed by atoms with Crippen LogP contribution in [0.15, 0.2) is 17.5 Å². The Morgan fingerprint density at radius 3 is 2.95 bits per heavy atom. The SMILES string of the molecule is CC(C)n1cc(C(NCCCN=[N+]=[N-])C(=O)O)cn1. The monoisotopic (exact) mass is 266 g/mol. The van der Waals surface area contributed by atoms with Gasteiger partial charge in [0.25, 0.3) is 0 Å². The molecule has 0 aliphatic rings. The number of hydrogen-bond donors (Lipinski definition) is 2. The Morgan fingerprint density at radius 1 is 1.68 bits per heavy atom. The molecule has 19 heavy (non-hydrogen) atoms. The molecule has 8 nitrogen and oxygen atoms in total. The lowest BCUT2D eigenvalue weighted by Gasteiger charge is -2.12. The van der Waals surface area contributed by atoms with E-state index in [9.17, 15) is 9.90 Å². The average molecular weight is 266 g/mol. The molecule has 0 fully saturated rings. The van der Waals surface area contributed by atoms with Gasteiger partial charge in [-0.2, -0.15) is 5.10 Å². The van der Waals surface area contributed by atoms with Gasteiger partial charge in [0.2, 0.25) is 0 Å². The van der Waals surface area contributed by atoms with Crippen LogP contribution in [0.4, 0.5) is 0 Å². The van der Waals surface area contributed by atoms with Gasteiger partial charge in [-0.1, -0.05) is 5.11 Å². The number of azide groups is 1. The Hall–Kier alpha value is -2.05. The number of carbonyl (C=O) groups is 1. The zero-order valence-electron chi connectivity index (χ0n) is 11.0. The summed E-state index contributed by atoms with van der Waals surface area (Å²) in [5.41, 5.74) is 8.74. The predicted molar refractivity (Wildman–Crippen MR) is 69.6 cm³/mol. The first kappa shape index (κ1) is 15.0. The van der Waals surface area contributed by atoms with E-state index in [1.54, 1.807) is 17.1 Å². The molecule has 0 aromatic carbocycles. The number of aromatic nitrogens is 2. The van der Waals surface area contributed by atoms with Crippen LogP contribution < -0.4 is 5.32 Å². The molecule has 0 aliphatic carbocycles. The summed E-state index contributed by atoms with van der Waals surface area (Å²) in [5.74, 6) is -0.952. The van der Waals surface area contributed by atoms with Crippen LogP contribution >= 0.6 is 0 Å². The van der Waals surface area contributed by atoms with E-state index in [0.29, 0.717) is 25.1 Å². The van der Waals surface area contributed by atoms with Crippen LogP contribution in [-0.4, -0.2) is 33.9 Å². The van der Waals surface area contributed by atoms with Crippen molar-refractivity contribution in [1.82, 2.24) is 15.1 Å². The first-order valence-electron chi connectivity index (χ1n) is 6.07. The lowest BCUT2D eigenvalue weighted by molar-refractivity contribution is -0.139. The molecule has 0 amide bonds. The second-order valence-corrected chi connectivity index (χ2v) is 4.38. The molecule has 1 aromatic rings. The molecule has 2 N–H and O–H groups in total. The molecule has 1 atom stereocenters. The second-order valence-electron chi connectivity index (χ2n) is 4.38. The Balaban J connectivity index is 2.61. The van der Waals surface area contributed by atoms with Crippen LogP contribution in [0.1, 0.15) is 37.9 Å². The summed E-state index contributed by atoms with van der Waals surface area (Å²) >= 11 is 0. The van der Waals surface area contributed by atoms with Gasteiger partial charge in [0.1, 0.15) is 6.04 Å². The Kier molecular flexibility index (Phi) is 5.84. The van der Waals surface area contributed by atoms with Gasteiger partial charge in [-0.3, -0.25) is 9.48 Å². The maximum Gasteiger partial charge on any atom is 0.325 e. The van der Waals surface area contributed by atoms with E-state index in [0.717, 1.165) is 0 Å². The van der Waals surface area contributed by atoms with Crippen LogP contribution in [0.25, 0.3) is 10.4 Å². The van der Waals surface area contributed by atoms with E-state index in [1.165, 1.54) is 0 Å². The van der Waals surface area contributed by atoms with Crippen molar-refractivity contribution in [3.8, 4) is 0 Å². The summed E-state index contributed by atoms with van der Waals surface area (Å²) in [4.78, 5) is 13.9. The number of nitrogens with one attached hydrogen (secondary N) is 1. The van der Waals surface area contributed by atoms with E-state index in [2.05, 4.69) is 20.4 Å². The standard InChI is InChI=1S/C11H18N6O2/c1-8(2)17-7-9(6-15-17)10(11(18)19)13-4-3-5-14-16-12/h6-8,10,13H,3-5H2,1-2H3,(H,18,19). The van der Waals surface area contributed by atoms with Gasteiger partial charge in [0.05, 0.1) is 6.20 Å². The van der Waals surface area contributed by atoms with Gasteiger partial charge < -0.3 is 10.4 Å². The molecule has 1 unspecified atom stereocenters. The molecule has 0 radical (unpaired) electrons. The summed E-state index contributed by atoms with van der Waals surface area (Å²) in [6, 6.07) is -0.605. The van der Waals surface area contributed by atoms with Gasteiger partial charge in [0, 0.05) is 29.3 Å². The fourth-order valence-corrected chi connectivity index (χ4v) is 1.57. The molecule has 0 saturated carbocycles. The van der Waals surface area contributed by atoms with Crippen LogP contribution in [0.3, 0.4) is 0 Å². The van der Waals surface area contributed by atoms with Gasteiger partial charge in [-0.05, 0) is 32.3 Å². The van der Waals surface area contributed by atoms with E-state index >= 15 is 0 Å². The van der Waals surface area contributed by atoms with Crippen molar-refractivity contribution in [2.75, 3.05) is 13.1 Å². The zero-order chi connectivity index (χ0) is 14.3. The molecule has 1 rings (SSSR count). The quantitative estimate of drug-likeness (QED) is 0.323. The third kappa shape index (κ3) is 4.61. The molecule has 8 heteroatoms. The van der Waals surface area contributed by atoms with Crippen molar-refractivity contribution in [1.29, 1.82) is 0 Å². The van der Waals surface area contributed by atoms with Crippen molar-refractivity contribution in [2.24, 2.45) is 5.11 Å². The minimum atomic E-state index is -0.952. The summed E-state index contributed by atoms with van der Waals surface area (Å²) < 4.78 is 1.72. The average Bonchev–Trinajstić information content (AvgIpc) is 2.82. The molecule has 1 heterocycles. The molecule has 1 aromatic heterocycles. The van der Waals surface area contributed by atoms with Crippen molar-refractivity contribution in [2.45, 2.75) is 32.4 Å². The Bertz CT molecular complexity index is 464. The van der Waals surface area contributed by atoms with E-state index in [1.807, 2.05) is 13.8 Å². The van der Waals surface area contributed by atoms with E-state index in [4.69, 9.17) is 5.53 Å². The fourth-order valence-electron chi connectivity index (χ4n) is 1.57. The van der Waals surface area contributed by atoms with Gasteiger partial charge in [0.15, 0.2) is 0 Å². The van der Waals surface area contributed by atoms with Crippen LogP contribution in [0, 0.1) is 0 Å². The third-order valence-corrected chi connectivity index (χ3v) is 2.58. The minimum absolute atomic E-state index is 0.188. The van der Waals surface area contributed by atoms with Gasteiger partial charge in [-0.15, -0.1) is 0 Å². The summed E-state index contributed by atoms with van der Waals surface area (Å²) in [5, 5.41) is 19.6. The van der Waals surface area contributed by atoms with Crippen molar-refractivity contribution in [3.05, 3.63) is 28.4 Å². The van der Waals surface area contributed by atoms with Crippen LogP contribution in [-0.2, 0) is 4.79 Å². The van der Waals surface area contributed by atoms with E-state index in [-0.39, 0.29) is 6.04 Å². The number of carboxylic acids is 1. The molecular weight excluding hydrogens is 248 g/mol. The number of carboxylic acid groups (broad SMARTS) is 1. The molecule has 0 bridgehead atoms. The molecule has 0 saturated heterocycles. The highest BCUT2D eigenvalue weighted by atomic mass is 16.4. The normalized spacial score (nSPS) is 12.2. The first-order valence-corrected chi connectivity index (χ1v) is 6.07. The highest BCUT2D eigenvalue weighted by Crippen LogP contribution is 2.14. The largest absolute Gasteiger partial charge is 0.480 e. The maximum absolute atomic E-state index is 11.2. The number of hydrogen-bond acceptors (Lipinski definition) is 4. The third-order valence-electron chi connectivity index (χ3n) is 2.58. The lowest BCUT2D eigenvalue weighted by atomic mass is 10.1. The summed E-state index contributed by atoms with van der Waals surface area (Å²) in [7, 11) is 0.